The Morgan fingerprint density at radius 2 is 1.86 bits per heavy atom. The van der Waals surface area contributed by atoms with Crippen molar-refractivity contribution in [1.82, 2.24) is 0 Å². The third-order valence-corrected chi connectivity index (χ3v) is 4.78. The molecule has 2 unspecified atom stereocenters. The van der Waals surface area contributed by atoms with Crippen LogP contribution in [0.5, 0.6) is 0 Å². The number of esters is 1. The molecule has 0 bridgehead atoms. The lowest BCUT2D eigenvalue weighted by molar-refractivity contribution is -0.195. The monoisotopic (exact) mass is 426 g/mol. The molecule has 0 aliphatic rings. The first-order chi connectivity index (χ1) is 13.1. The summed E-state index contributed by atoms with van der Waals surface area (Å²) < 4.78 is 46.5. The molecule has 1 aromatic carbocycles. The van der Waals surface area contributed by atoms with Crippen molar-refractivity contribution in [3.8, 4) is 0 Å². The predicted octanol–water partition coefficient (Wildman–Crippen LogP) is 2.21. The van der Waals surface area contributed by atoms with Gasteiger partial charge in [-0.25, -0.2) is 4.79 Å². The molecule has 2 atom stereocenters. The standard InChI is InChI=1S/C17H25F3N2O5S/c1-2-25-15(24)16(21,11-28-27-26-22)14(23)5-3-4-12-6-8-13(9-7-12)10-17(18,19)20/h6-9,14,23H,2-5,10-11,21-22H2,1H3. The van der Waals surface area contributed by atoms with E-state index < -0.39 is 30.2 Å². The van der Waals surface area contributed by atoms with Crippen LogP contribution >= 0.6 is 12.0 Å². The van der Waals surface area contributed by atoms with Gasteiger partial charge in [-0.15, -0.1) is 9.32 Å². The van der Waals surface area contributed by atoms with Gasteiger partial charge in [0.05, 0.1) is 24.9 Å². The van der Waals surface area contributed by atoms with Crippen molar-refractivity contribution in [2.45, 2.75) is 50.4 Å². The molecular weight excluding hydrogens is 401 g/mol. The summed E-state index contributed by atoms with van der Waals surface area (Å²) in [7, 11) is 0. The summed E-state index contributed by atoms with van der Waals surface area (Å²) in [5.41, 5.74) is 5.31. The quantitative estimate of drug-likeness (QED) is 0.153. The fourth-order valence-electron chi connectivity index (χ4n) is 2.52. The van der Waals surface area contributed by atoms with E-state index >= 15 is 0 Å². The number of nitrogens with two attached hydrogens (primary N) is 2. The predicted molar refractivity (Wildman–Crippen MR) is 97.5 cm³/mol. The summed E-state index contributed by atoms with van der Waals surface area (Å²) in [6, 6.07) is 6.06. The Bertz CT molecular complexity index is 603. The molecule has 0 saturated carbocycles. The van der Waals surface area contributed by atoms with Gasteiger partial charge in [-0.05, 0) is 37.3 Å². The molecule has 0 spiro atoms. The summed E-state index contributed by atoms with van der Waals surface area (Å²) in [6.45, 7) is 1.70. The highest BCUT2D eigenvalue weighted by atomic mass is 32.2. The number of hydrogen-bond donors (Lipinski definition) is 3. The molecule has 0 heterocycles. The van der Waals surface area contributed by atoms with Crippen LogP contribution in [0.25, 0.3) is 0 Å². The summed E-state index contributed by atoms with van der Waals surface area (Å²) >= 11 is 0.654. The van der Waals surface area contributed by atoms with Crippen LogP contribution in [0.2, 0.25) is 0 Å². The van der Waals surface area contributed by atoms with Gasteiger partial charge in [0, 0.05) is 12.0 Å². The number of halogens is 3. The van der Waals surface area contributed by atoms with E-state index in [0.29, 0.717) is 24.9 Å². The summed E-state index contributed by atoms with van der Waals surface area (Å²) in [4.78, 5) is 16.1. The molecule has 0 aromatic heterocycles. The fourth-order valence-corrected chi connectivity index (χ4v) is 3.13. The molecule has 0 radical (unpaired) electrons. The minimum absolute atomic E-state index is 0.0910. The Labute approximate surface area is 165 Å². The van der Waals surface area contributed by atoms with E-state index in [1.807, 2.05) is 0 Å². The summed E-state index contributed by atoms with van der Waals surface area (Å²) in [6.07, 6.45) is -5.34. The molecule has 0 amide bonds. The number of ether oxygens (including phenoxy) is 1. The van der Waals surface area contributed by atoms with E-state index in [2.05, 4.69) is 9.32 Å². The van der Waals surface area contributed by atoms with Gasteiger partial charge in [0.25, 0.3) is 0 Å². The van der Waals surface area contributed by atoms with E-state index in [1.54, 1.807) is 19.1 Å². The Hall–Kier alpha value is -1.37. The lowest BCUT2D eigenvalue weighted by Gasteiger charge is -2.31. The van der Waals surface area contributed by atoms with Crippen molar-refractivity contribution in [2.24, 2.45) is 11.6 Å². The molecule has 1 aromatic rings. The first-order valence-corrected chi connectivity index (χ1v) is 9.47. The number of aliphatic hydroxyl groups is 1. The Kier molecular flexibility index (Phi) is 10.2. The lowest BCUT2D eigenvalue weighted by Crippen LogP contribution is -2.60. The highest BCUT2D eigenvalue weighted by Crippen LogP contribution is 2.23. The lowest BCUT2D eigenvalue weighted by atomic mass is 9.91. The Morgan fingerprint density at radius 1 is 1.25 bits per heavy atom. The second-order valence-corrected chi connectivity index (χ2v) is 6.86. The van der Waals surface area contributed by atoms with E-state index in [1.165, 1.54) is 12.1 Å². The van der Waals surface area contributed by atoms with Gasteiger partial charge >= 0.3 is 12.1 Å². The second kappa shape index (κ2) is 11.6. The van der Waals surface area contributed by atoms with E-state index in [4.69, 9.17) is 16.4 Å². The van der Waals surface area contributed by atoms with Gasteiger partial charge in [0.2, 0.25) is 0 Å². The van der Waals surface area contributed by atoms with Crippen LogP contribution in [0.3, 0.4) is 0 Å². The first-order valence-electron chi connectivity index (χ1n) is 8.56. The summed E-state index contributed by atoms with van der Waals surface area (Å²) in [5.74, 6) is 3.79. The first kappa shape index (κ1) is 24.7. The fraction of sp³-hybridized carbons (Fsp3) is 0.588. The van der Waals surface area contributed by atoms with E-state index in [0.717, 1.165) is 5.56 Å². The number of aliphatic hydroxyl groups excluding tert-OH is 1. The highest BCUT2D eigenvalue weighted by molar-refractivity contribution is 7.94. The van der Waals surface area contributed by atoms with Crippen LogP contribution in [-0.4, -0.2) is 41.3 Å². The third kappa shape index (κ3) is 8.33. The van der Waals surface area contributed by atoms with Gasteiger partial charge in [-0.1, -0.05) is 24.3 Å². The Balaban J connectivity index is 2.61. The van der Waals surface area contributed by atoms with Gasteiger partial charge < -0.3 is 15.6 Å². The molecule has 0 fully saturated rings. The van der Waals surface area contributed by atoms with Gasteiger partial charge in [-0.3, -0.25) is 0 Å². The maximum atomic E-state index is 12.4. The number of hydrogen-bond acceptors (Lipinski definition) is 8. The van der Waals surface area contributed by atoms with Gasteiger partial charge in [0.1, 0.15) is 0 Å². The highest BCUT2D eigenvalue weighted by Gasteiger charge is 2.43. The minimum Gasteiger partial charge on any atom is -0.465 e. The number of alkyl halides is 3. The maximum absolute atomic E-state index is 12.4. The van der Waals surface area contributed by atoms with E-state index in [-0.39, 0.29) is 24.3 Å². The zero-order valence-electron chi connectivity index (χ0n) is 15.4. The van der Waals surface area contributed by atoms with Crippen LogP contribution in [0.15, 0.2) is 24.3 Å². The van der Waals surface area contributed by atoms with Crippen LogP contribution in [0, 0.1) is 0 Å². The minimum atomic E-state index is -4.25. The number of rotatable bonds is 12. The average Bonchev–Trinajstić information content (AvgIpc) is 2.62. The van der Waals surface area contributed by atoms with Crippen molar-refractivity contribution in [2.75, 3.05) is 12.4 Å². The normalized spacial score (nSPS) is 15.1. The maximum Gasteiger partial charge on any atom is 0.393 e. The van der Waals surface area contributed by atoms with Gasteiger partial charge in [0.15, 0.2) is 5.54 Å². The van der Waals surface area contributed by atoms with Crippen LogP contribution in [0.4, 0.5) is 13.2 Å². The van der Waals surface area contributed by atoms with Gasteiger partial charge in [-0.2, -0.15) is 19.1 Å². The molecule has 28 heavy (non-hydrogen) atoms. The smallest absolute Gasteiger partial charge is 0.393 e. The number of benzene rings is 1. The molecule has 5 N–H and O–H groups in total. The molecular formula is C17H25F3N2O5S. The van der Waals surface area contributed by atoms with Crippen molar-refractivity contribution in [1.29, 1.82) is 0 Å². The Morgan fingerprint density at radius 3 is 2.39 bits per heavy atom. The molecule has 160 valence electrons. The van der Waals surface area contributed by atoms with Crippen molar-refractivity contribution in [3.05, 3.63) is 35.4 Å². The molecule has 7 nitrogen and oxygen atoms in total. The summed E-state index contributed by atoms with van der Waals surface area (Å²) in [5, 5.41) is 10.4. The van der Waals surface area contributed by atoms with Crippen LogP contribution < -0.4 is 11.6 Å². The topological polar surface area (TPSA) is 117 Å². The van der Waals surface area contributed by atoms with E-state index in [9.17, 15) is 23.1 Å². The molecule has 1 rings (SSSR count). The van der Waals surface area contributed by atoms with Crippen molar-refractivity contribution in [3.63, 3.8) is 0 Å². The SMILES string of the molecule is CCOC(=O)C(N)(CSOON)C(O)CCCc1ccc(CC(F)(F)F)cc1. The third-order valence-electron chi connectivity index (χ3n) is 4.01. The largest absolute Gasteiger partial charge is 0.465 e. The average molecular weight is 426 g/mol. The number of carbonyl (C=O) groups is 1. The molecule has 0 aliphatic heterocycles. The van der Waals surface area contributed by atoms with Crippen molar-refractivity contribution >= 4 is 18.0 Å². The van der Waals surface area contributed by atoms with Crippen molar-refractivity contribution < 1.29 is 37.1 Å². The second-order valence-electron chi connectivity index (χ2n) is 6.20. The molecule has 11 heteroatoms. The number of carbonyl (C=O) groups excluding carboxylic acids is 1. The zero-order valence-corrected chi connectivity index (χ0v) is 16.2. The van der Waals surface area contributed by atoms with Crippen LogP contribution in [-0.2, 0) is 31.7 Å². The molecule has 0 saturated heterocycles. The number of aryl methyl sites for hydroxylation is 1. The zero-order chi connectivity index (χ0) is 21.2. The van der Waals surface area contributed by atoms with Crippen LogP contribution in [0.1, 0.15) is 30.9 Å². The molecule has 0 aliphatic carbocycles.